The van der Waals surface area contributed by atoms with E-state index in [-0.39, 0.29) is 0 Å². The van der Waals surface area contributed by atoms with Gasteiger partial charge in [-0.25, -0.2) is 4.98 Å². The van der Waals surface area contributed by atoms with Gasteiger partial charge < -0.3 is 5.32 Å². The lowest BCUT2D eigenvalue weighted by atomic mass is 10.1. The third-order valence-corrected chi connectivity index (χ3v) is 2.86. The molecule has 2 heteroatoms. The quantitative estimate of drug-likeness (QED) is 0.756. The van der Waals surface area contributed by atoms with Crippen LogP contribution < -0.4 is 5.32 Å². The fourth-order valence-corrected chi connectivity index (χ4v) is 1.85. The zero-order chi connectivity index (χ0) is 14.9. The Morgan fingerprint density at radius 1 is 1.05 bits per heavy atom. The van der Waals surface area contributed by atoms with Gasteiger partial charge in [0, 0.05) is 17.5 Å². The summed E-state index contributed by atoms with van der Waals surface area (Å²) < 4.78 is 0. The van der Waals surface area contributed by atoms with Crippen molar-refractivity contribution in [2.24, 2.45) is 0 Å². The summed E-state index contributed by atoms with van der Waals surface area (Å²) in [7, 11) is 0. The first-order valence-corrected chi connectivity index (χ1v) is 6.74. The van der Waals surface area contributed by atoms with Crippen LogP contribution in [0.1, 0.15) is 11.1 Å². The number of rotatable bonds is 6. The largest absolute Gasteiger partial charge is 0.340 e. The predicted molar refractivity (Wildman–Crippen MR) is 91.7 cm³/mol. The lowest BCUT2D eigenvalue weighted by Gasteiger charge is -2.09. The number of anilines is 1. The van der Waals surface area contributed by atoms with E-state index in [0.29, 0.717) is 0 Å². The summed E-state index contributed by atoms with van der Waals surface area (Å²) >= 11 is 0. The maximum absolute atomic E-state index is 4.36. The Labute approximate surface area is 125 Å². The number of aromatic nitrogens is 1. The molecule has 0 unspecified atom stereocenters. The summed E-state index contributed by atoms with van der Waals surface area (Å²) in [4.78, 5) is 4.36. The molecule has 0 fully saturated rings. The molecule has 2 rings (SSSR count). The van der Waals surface area contributed by atoms with Gasteiger partial charge >= 0.3 is 0 Å². The number of nitrogens with zero attached hydrogens (tertiary/aromatic N) is 1. The molecular weight excluding hydrogens is 256 g/mol. The van der Waals surface area contributed by atoms with Crippen molar-refractivity contribution in [2.45, 2.75) is 0 Å². The van der Waals surface area contributed by atoms with Crippen LogP contribution in [0.2, 0.25) is 0 Å². The zero-order valence-corrected chi connectivity index (χ0v) is 11.9. The summed E-state index contributed by atoms with van der Waals surface area (Å²) in [6.07, 6.45) is 11.2. The van der Waals surface area contributed by atoms with E-state index < -0.39 is 0 Å². The number of hydrogen-bond donors (Lipinski definition) is 1. The van der Waals surface area contributed by atoms with Gasteiger partial charge in [-0.3, -0.25) is 0 Å². The second kappa shape index (κ2) is 7.65. The molecule has 1 aromatic heterocycles. The van der Waals surface area contributed by atoms with Crippen LogP contribution in [0.25, 0.3) is 12.2 Å². The average molecular weight is 274 g/mol. The van der Waals surface area contributed by atoms with E-state index in [1.165, 1.54) is 0 Å². The highest BCUT2D eigenvalue weighted by Crippen LogP contribution is 2.17. The molecule has 1 aromatic carbocycles. The molecule has 104 valence electrons. The Morgan fingerprint density at radius 3 is 2.57 bits per heavy atom. The summed E-state index contributed by atoms with van der Waals surface area (Å²) in [5.74, 6) is 0.781. The molecule has 0 amide bonds. The smallest absolute Gasteiger partial charge is 0.137 e. The molecule has 2 nitrogen and oxygen atoms in total. The van der Waals surface area contributed by atoms with E-state index in [1.807, 2.05) is 42.5 Å². The normalized spacial score (nSPS) is 11.3. The van der Waals surface area contributed by atoms with E-state index in [9.17, 15) is 0 Å². The van der Waals surface area contributed by atoms with Gasteiger partial charge in [-0.05, 0) is 29.8 Å². The van der Waals surface area contributed by atoms with Crippen LogP contribution in [0.4, 0.5) is 5.82 Å². The minimum Gasteiger partial charge on any atom is -0.340 e. The summed E-state index contributed by atoms with van der Waals surface area (Å²) in [6.45, 7) is 7.52. The van der Waals surface area contributed by atoms with Crippen molar-refractivity contribution in [3.8, 4) is 0 Å². The third kappa shape index (κ3) is 4.32. The standard InChI is InChI=1S/C19H18N2/c1-3-5-13-18(15-16-10-7-6-8-11-16)21-19-17(4-2)12-9-14-20-19/h3-15H,1-2H2,(H,20,21). The number of benzene rings is 1. The van der Waals surface area contributed by atoms with Gasteiger partial charge in [0.25, 0.3) is 0 Å². The number of hydrogen-bond acceptors (Lipinski definition) is 2. The third-order valence-electron chi connectivity index (χ3n) is 2.86. The minimum absolute atomic E-state index is 0.781. The Bertz CT molecular complexity index is 667. The molecule has 21 heavy (non-hydrogen) atoms. The molecule has 0 atom stereocenters. The molecule has 0 aliphatic carbocycles. The Morgan fingerprint density at radius 2 is 1.86 bits per heavy atom. The van der Waals surface area contributed by atoms with Crippen molar-refractivity contribution in [3.63, 3.8) is 0 Å². The number of nitrogens with one attached hydrogen (secondary N) is 1. The second-order valence-electron chi connectivity index (χ2n) is 4.38. The highest BCUT2D eigenvalue weighted by atomic mass is 15.0. The molecule has 0 saturated heterocycles. The average Bonchev–Trinajstić information content (AvgIpc) is 2.54. The Hall–Kier alpha value is -2.87. The van der Waals surface area contributed by atoms with Crippen LogP contribution in [0, 0.1) is 0 Å². The molecule has 0 saturated carbocycles. The molecule has 0 bridgehead atoms. The molecule has 1 heterocycles. The maximum atomic E-state index is 4.36. The summed E-state index contributed by atoms with van der Waals surface area (Å²) in [5, 5.41) is 3.33. The lowest BCUT2D eigenvalue weighted by Crippen LogP contribution is -2.01. The molecule has 0 spiro atoms. The van der Waals surface area contributed by atoms with Crippen LogP contribution in [-0.4, -0.2) is 4.98 Å². The van der Waals surface area contributed by atoms with E-state index in [1.54, 1.807) is 18.3 Å². The SMILES string of the molecule is C=CC=CC(=Cc1ccccc1)Nc1ncccc1C=C. The van der Waals surface area contributed by atoms with Crippen LogP contribution in [0.5, 0.6) is 0 Å². The maximum Gasteiger partial charge on any atom is 0.137 e. The van der Waals surface area contributed by atoms with Gasteiger partial charge in [-0.15, -0.1) is 0 Å². The topological polar surface area (TPSA) is 24.9 Å². The van der Waals surface area contributed by atoms with Crippen molar-refractivity contribution < 1.29 is 0 Å². The summed E-state index contributed by atoms with van der Waals surface area (Å²) in [6, 6.07) is 14.0. The molecule has 0 radical (unpaired) electrons. The van der Waals surface area contributed by atoms with Crippen LogP contribution in [0.3, 0.4) is 0 Å². The monoisotopic (exact) mass is 274 g/mol. The molecule has 0 aliphatic heterocycles. The highest BCUT2D eigenvalue weighted by Gasteiger charge is 2.01. The van der Waals surface area contributed by atoms with Crippen LogP contribution >= 0.6 is 0 Å². The van der Waals surface area contributed by atoms with E-state index >= 15 is 0 Å². The Balaban J connectivity index is 2.33. The zero-order valence-electron chi connectivity index (χ0n) is 11.9. The minimum atomic E-state index is 0.781. The number of allylic oxidation sites excluding steroid dienone is 3. The van der Waals surface area contributed by atoms with Crippen molar-refractivity contribution in [1.82, 2.24) is 4.98 Å². The fraction of sp³-hybridized carbons (Fsp3) is 0. The van der Waals surface area contributed by atoms with Crippen molar-refractivity contribution >= 4 is 18.0 Å². The Kier molecular flexibility index (Phi) is 5.30. The summed E-state index contributed by atoms with van der Waals surface area (Å²) in [5.41, 5.74) is 3.01. The first kappa shape index (κ1) is 14.5. The van der Waals surface area contributed by atoms with Crippen LogP contribution in [-0.2, 0) is 0 Å². The van der Waals surface area contributed by atoms with Crippen LogP contribution in [0.15, 0.2) is 85.7 Å². The second-order valence-corrected chi connectivity index (χ2v) is 4.38. The van der Waals surface area contributed by atoms with Gasteiger partial charge in [-0.1, -0.05) is 61.7 Å². The van der Waals surface area contributed by atoms with Crippen molar-refractivity contribution in [2.75, 3.05) is 5.32 Å². The predicted octanol–water partition coefficient (Wildman–Crippen LogP) is 4.92. The van der Waals surface area contributed by atoms with Gasteiger partial charge in [-0.2, -0.15) is 0 Å². The molecule has 0 aliphatic rings. The van der Waals surface area contributed by atoms with E-state index in [4.69, 9.17) is 0 Å². The number of pyridine rings is 1. The van der Waals surface area contributed by atoms with Crippen molar-refractivity contribution in [3.05, 3.63) is 96.9 Å². The molecular formula is C19H18N2. The van der Waals surface area contributed by atoms with Crippen molar-refractivity contribution in [1.29, 1.82) is 0 Å². The molecule has 1 N–H and O–H groups in total. The van der Waals surface area contributed by atoms with E-state index in [0.717, 1.165) is 22.6 Å². The first-order chi connectivity index (χ1) is 10.3. The first-order valence-electron chi connectivity index (χ1n) is 6.74. The van der Waals surface area contributed by atoms with Gasteiger partial charge in [0.05, 0.1) is 0 Å². The van der Waals surface area contributed by atoms with E-state index in [2.05, 4.69) is 41.7 Å². The lowest BCUT2D eigenvalue weighted by molar-refractivity contribution is 1.28. The van der Waals surface area contributed by atoms with Gasteiger partial charge in [0.1, 0.15) is 5.82 Å². The van der Waals surface area contributed by atoms with Gasteiger partial charge in [0.15, 0.2) is 0 Å². The highest BCUT2D eigenvalue weighted by molar-refractivity contribution is 5.68. The molecule has 2 aromatic rings. The van der Waals surface area contributed by atoms with Gasteiger partial charge in [0.2, 0.25) is 0 Å². The fourth-order valence-electron chi connectivity index (χ4n) is 1.85.